The Labute approximate surface area is 96.0 Å². The van der Waals surface area contributed by atoms with Crippen molar-refractivity contribution in [2.75, 3.05) is 6.61 Å². The van der Waals surface area contributed by atoms with Crippen LogP contribution < -0.4 is 4.74 Å². The Morgan fingerprint density at radius 2 is 2.00 bits per heavy atom. The fourth-order valence-electron chi connectivity index (χ4n) is 0.746. The van der Waals surface area contributed by atoms with Gasteiger partial charge in [0.2, 0.25) is 0 Å². The van der Waals surface area contributed by atoms with Crippen molar-refractivity contribution in [2.45, 2.75) is 10.5 Å². The highest BCUT2D eigenvalue weighted by molar-refractivity contribution is 14.1. The molecule has 0 aliphatic rings. The minimum Gasteiger partial charge on any atom is -0.490 e. The van der Waals surface area contributed by atoms with Crippen molar-refractivity contribution in [2.24, 2.45) is 0 Å². The number of halogens is 2. The van der Waals surface area contributed by atoms with Gasteiger partial charge in [-0.3, -0.25) is 0 Å². The molecular formula is C9H10ClIO2. The third kappa shape index (κ3) is 4.69. The van der Waals surface area contributed by atoms with Crippen molar-refractivity contribution in [3.63, 3.8) is 0 Å². The largest absolute Gasteiger partial charge is 0.490 e. The Morgan fingerprint density at radius 3 is 2.46 bits per heavy atom. The maximum absolute atomic E-state index is 9.37. The van der Waals surface area contributed by atoms with E-state index in [-0.39, 0.29) is 6.61 Å². The predicted molar refractivity (Wildman–Crippen MR) is 61.6 cm³/mol. The SMILES string of the molecule is CC(O)(I)COc1ccc(Cl)cc1. The Kier molecular flexibility index (Phi) is 3.82. The number of ether oxygens (including phenoxy) is 1. The Bertz CT molecular complexity index is 266. The molecule has 0 spiro atoms. The van der Waals surface area contributed by atoms with Crippen LogP contribution in [0.2, 0.25) is 5.02 Å². The summed E-state index contributed by atoms with van der Waals surface area (Å²) in [6, 6.07) is 7.03. The van der Waals surface area contributed by atoms with E-state index < -0.39 is 3.61 Å². The number of aliphatic hydroxyl groups is 1. The molecule has 0 bridgehead atoms. The molecule has 0 aliphatic carbocycles. The molecule has 0 radical (unpaired) electrons. The average Bonchev–Trinajstić information content (AvgIpc) is 2.02. The first-order chi connectivity index (χ1) is 5.97. The van der Waals surface area contributed by atoms with Crippen molar-refractivity contribution in [3.8, 4) is 5.75 Å². The van der Waals surface area contributed by atoms with E-state index in [0.29, 0.717) is 10.8 Å². The number of hydrogen-bond acceptors (Lipinski definition) is 2. The zero-order valence-electron chi connectivity index (χ0n) is 7.13. The van der Waals surface area contributed by atoms with Gasteiger partial charge in [0, 0.05) is 5.02 Å². The smallest absolute Gasteiger partial charge is 0.146 e. The molecule has 1 atom stereocenters. The van der Waals surface area contributed by atoms with Gasteiger partial charge in [0.1, 0.15) is 16.0 Å². The highest BCUT2D eigenvalue weighted by Gasteiger charge is 2.15. The summed E-state index contributed by atoms with van der Waals surface area (Å²) in [4.78, 5) is 0. The third-order valence-corrected chi connectivity index (χ3v) is 1.88. The zero-order chi connectivity index (χ0) is 9.90. The zero-order valence-corrected chi connectivity index (χ0v) is 10.0. The highest BCUT2D eigenvalue weighted by atomic mass is 127. The van der Waals surface area contributed by atoms with Gasteiger partial charge in [-0.2, -0.15) is 0 Å². The molecule has 1 aromatic carbocycles. The summed E-state index contributed by atoms with van der Waals surface area (Å²) >= 11 is 7.61. The van der Waals surface area contributed by atoms with E-state index in [9.17, 15) is 5.11 Å². The van der Waals surface area contributed by atoms with E-state index in [1.54, 1.807) is 31.2 Å². The topological polar surface area (TPSA) is 29.5 Å². The molecule has 0 amide bonds. The van der Waals surface area contributed by atoms with Gasteiger partial charge in [-0.15, -0.1) is 0 Å². The van der Waals surface area contributed by atoms with E-state index in [1.165, 1.54) is 0 Å². The minimum atomic E-state index is -0.836. The Morgan fingerprint density at radius 1 is 1.46 bits per heavy atom. The van der Waals surface area contributed by atoms with Gasteiger partial charge in [0.25, 0.3) is 0 Å². The Hall–Kier alpha value is -0.000000000000000111. The van der Waals surface area contributed by atoms with Crippen molar-refractivity contribution in [3.05, 3.63) is 29.3 Å². The molecule has 1 aromatic rings. The fraction of sp³-hybridized carbons (Fsp3) is 0.333. The summed E-state index contributed by atoms with van der Waals surface area (Å²) in [5.74, 6) is 0.710. The lowest BCUT2D eigenvalue weighted by Gasteiger charge is -2.15. The van der Waals surface area contributed by atoms with Gasteiger partial charge in [0.05, 0.1) is 0 Å². The first kappa shape index (κ1) is 11.1. The summed E-state index contributed by atoms with van der Waals surface area (Å²) in [5, 5.41) is 10.0. The first-order valence-electron chi connectivity index (χ1n) is 3.77. The van der Waals surface area contributed by atoms with Crippen molar-refractivity contribution in [1.82, 2.24) is 0 Å². The maximum Gasteiger partial charge on any atom is 0.146 e. The molecule has 72 valence electrons. The van der Waals surface area contributed by atoms with Gasteiger partial charge in [-0.05, 0) is 53.8 Å². The van der Waals surface area contributed by atoms with E-state index in [4.69, 9.17) is 16.3 Å². The van der Waals surface area contributed by atoms with E-state index in [1.807, 2.05) is 22.6 Å². The molecule has 4 heteroatoms. The van der Waals surface area contributed by atoms with Crippen molar-refractivity contribution >= 4 is 34.2 Å². The van der Waals surface area contributed by atoms with Crippen LogP contribution in [0, 0.1) is 0 Å². The second-order valence-corrected chi connectivity index (χ2v) is 5.65. The Balaban J connectivity index is 2.51. The van der Waals surface area contributed by atoms with E-state index in [2.05, 4.69) is 0 Å². The fourth-order valence-corrected chi connectivity index (χ4v) is 1.03. The molecule has 13 heavy (non-hydrogen) atoms. The molecule has 1 N–H and O–H groups in total. The van der Waals surface area contributed by atoms with Crippen LogP contribution in [0.15, 0.2) is 24.3 Å². The molecule has 1 rings (SSSR count). The van der Waals surface area contributed by atoms with Gasteiger partial charge < -0.3 is 9.84 Å². The second kappa shape index (κ2) is 4.48. The second-order valence-electron chi connectivity index (χ2n) is 2.88. The highest BCUT2D eigenvalue weighted by Crippen LogP contribution is 2.19. The van der Waals surface area contributed by atoms with Gasteiger partial charge in [0.15, 0.2) is 0 Å². The maximum atomic E-state index is 9.37. The quantitative estimate of drug-likeness (QED) is 0.687. The van der Waals surface area contributed by atoms with E-state index >= 15 is 0 Å². The molecule has 1 unspecified atom stereocenters. The first-order valence-corrected chi connectivity index (χ1v) is 5.23. The lowest BCUT2D eigenvalue weighted by atomic mass is 10.3. The van der Waals surface area contributed by atoms with Crippen LogP contribution in [-0.4, -0.2) is 15.3 Å². The van der Waals surface area contributed by atoms with Crippen LogP contribution in [0.4, 0.5) is 0 Å². The third-order valence-electron chi connectivity index (χ3n) is 1.32. The van der Waals surface area contributed by atoms with Crippen LogP contribution in [0.1, 0.15) is 6.92 Å². The van der Waals surface area contributed by atoms with Crippen LogP contribution in [0.25, 0.3) is 0 Å². The summed E-state index contributed by atoms with van der Waals surface area (Å²) < 4.78 is 4.47. The molecule has 0 fully saturated rings. The predicted octanol–water partition coefficient (Wildman–Crippen LogP) is 2.86. The molecule has 0 aliphatic heterocycles. The van der Waals surface area contributed by atoms with Crippen LogP contribution in [0.3, 0.4) is 0 Å². The number of rotatable bonds is 3. The van der Waals surface area contributed by atoms with Crippen LogP contribution in [-0.2, 0) is 0 Å². The van der Waals surface area contributed by atoms with Crippen LogP contribution >= 0.6 is 34.2 Å². The van der Waals surface area contributed by atoms with Crippen LogP contribution in [0.5, 0.6) is 5.75 Å². The molecule has 0 saturated carbocycles. The number of benzene rings is 1. The lowest BCUT2D eigenvalue weighted by Crippen LogP contribution is -2.23. The summed E-state index contributed by atoms with van der Waals surface area (Å²) in [6.45, 7) is 1.94. The normalized spacial score (nSPS) is 15.1. The summed E-state index contributed by atoms with van der Waals surface area (Å²) in [7, 11) is 0. The summed E-state index contributed by atoms with van der Waals surface area (Å²) in [6.07, 6.45) is 0. The number of alkyl halides is 1. The lowest BCUT2D eigenvalue weighted by molar-refractivity contribution is 0.108. The van der Waals surface area contributed by atoms with E-state index in [0.717, 1.165) is 0 Å². The summed E-state index contributed by atoms with van der Waals surface area (Å²) in [5.41, 5.74) is 0. The van der Waals surface area contributed by atoms with Crippen molar-refractivity contribution in [1.29, 1.82) is 0 Å². The standard InChI is InChI=1S/C9H10ClIO2/c1-9(11,12)6-13-8-4-2-7(10)3-5-8/h2-5,12H,6H2,1H3. The minimum absolute atomic E-state index is 0.259. The average molecular weight is 313 g/mol. The van der Waals surface area contributed by atoms with Gasteiger partial charge in [-0.25, -0.2) is 0 Å². The molecule has 0 heterocycles. The molecule has 0 aromatic heterocycles. The molecule has 2 nitrogen and oxygen atoms in total. The van der Waals surface area contributed by atoms with Gasteiger partial charge >= 0.3 is 0 Å². The molecule has 0 saturated heterocycles. The number of hydrogen-bond donors (Lipinski definition) is 1. The van der Waals surface area contributed by atoms with Gasteiger partial charge in [-0.1, -0.05) is 11.6 Å². The monoisotopic (exact) mass is 312 g/mol. The van der Waals surface area contributed by atoms with Crippen molar-refractivity contribution < 1.29 is 9.84 Å². The molecular weight excluding hydrogens is 302 g/mol.